The highest BCUT2D eigenvalue weighted by Gasteiger charge is 2.20. The van der Waals surface area contributed by atoms with Gasteiger partial charge in [-0.2, -0.15) is 8.78 Å². The van der Waals surface area contributed by atoms with Crippen LogP contribution in [0.3, 0.4) is 0 Å². The van der Waals surface area contributed by atoms with E-state index in [1.807, 2.05) is 6.92 Å². The summed E-state index contributed by atoms with van der Waals surface area (Å²) < 4.78 is 34.9. The summed E-state index contributed by atoms with van der Waals surface area (Å²) in [6.45, 7) is 2.33. The molecular weight excluding hydrogens is 483 g/mol. The molecule has 0 heterocycles. The van der Waals surface area contributed by atoms with E-state index in [0.29, 0.717) is 19.1 Å². The van der Waals surface area contributed by atoms with Gasteiger partial charge in [-0.3, -0.25) is 0 Å². The van der Waals surface area contributed by atoms with Crippen LogP contribution < -0.4 is 20.1 Å². The van der Waals surface area contributed by atoms with Crippen molar-refractivity contribution in [3.8, 4) is 11.5 Å². The molecule has 0 unspecified atom stereocenters. The van der Waals surface area contributed by atoms with Gasteiger partial charge in [0.05, 0.1) is 19.3 Å². The van der Waals surface area contributed by atoms with E-state index in [2.05, 4.69) is 20.4 Å². The molecule has 1 aliphatic carbocycles. The lowest BCUT2D eigenvalue weighted by Gasteiger charge is -2.27. The summed E-state index contributed by atoms with van der Waals surface area (Å²) >= 11 is 0. The molecule has 0 aliphatic heterocycles. The zero-order valence-electron chi connectivity index (χ0n) is 16.3. The molecule has 28 heavy (non-hydrogen) atoms. The molecule has 1 aromatic carbocycles. The van der Waals surface area contributed by atoms with Crippen molar-refractivity contribution in [2.45, 2.75) is 64.8 Å². The number of ether oxygens (including phenoxy) is 2. The van der Waals surface area contributed by atoms with Crippen LogP contribution in [-0.2, 0) is 6.54 Å². The number of nitrogens with zero attached hydrogens (tertiary/aromatic N) is 1. The van der Waals surface area contributed by atoms with Gasteiger partial charge in [-0.05, 0) is 57.2 Å². The second-order valence-electron chi connectivity index (χ2n) is 6.44. The minimum Gasteiger partial charge on any atom is -0.490 e. The highest BCUT2D eigenvalue weighted by molar-refractivity contribution is 14.0. The van der Waals surface area contributed by atoms with Crippen molar-refractivity contribution in [1.82, 2.24) is 10.6 Å². The van der Waals surface area contributed by atoms with Crippen LogP contribution in [0.15, 0.2) is 23.2 Å². The zero-order chi connectivity index (χ0) is 19.6. The number of aliphatic hydroxyl groups is 1. The maximum absolute atomic E-state index is 12.5. The monoisotopic (exact) mass is 513 g/mol. The molecule has 6 nitrogen and oxygen atoms in total. The second-order valence-corrected chi connectivity index (χ2v) is 6.44. The third-order valence-electron chi connectivity index (χ3n) is 4.33. The first kappa shape index (κ1) is 24.7. The van der Waals surface area contributed by atoms with E-state index in [9.17, 15) is 13.9 Å². The number of hydrogen-bond acceptors (Lipinski definition) is 4. The zero-order valence-corrected chi connectivity index (χ0v) is 18.6. The van der Waals surface area contributed by atoms with Crippen molar-refractivity contribution in [2.75, 3.05) is 13.2 Å². The van der Waals surface area contributed by atoms with E-state index in [1.54, 1.807) is 19.1 Å². The van der Waals surface area contributed by atoms with Crippen molar-refractivity contribution in [3.05, 3.63) is 23.8 Å². The Kier molecular flexibility index (Phi) is 11.4. The summed E-state index contributed by atoms with van der Waals surface area (Å²) in [4.78, 5) is 4.58. The minimum absolute atomic E-state index is 0. The summed E-state index contributed by atoms with van der Waals surface area (Å²) in [5.74, 6) is 1.000. The van der Waals surface area contributed by atoms with Gasteiger partial charge in [-0.25, -0.2) is 4.99 Å². The highest BCUT2D eigenvalue weighted by Crippen LogP contribution is 2.30. The van der Waals surface area contributed by atoms with Crippen LogP contribution in [0, 0.1) is 0 Å². The maximum Gasteiger partial charge on any atom is 0.387 e. The van der Waals surface area contributed by atoms with E-state index in [4.69, 9.17) is 4.74 Å². The molecule has 0 spiro atoms. The second kappa shape index (κ2) is 13.0. The molecule has 3 N–H and O–H groups in total. The van der Waals surface area contributed by atoms with Crippen LogP contribution in [0.25, 0.3) is 0 Å². The van der Waals surface area contributed by atoms with Gasteiger partial charge < -0.3 is 25.2 Å². The number of rotatable bonds is 8. The first-order chi connectivity index (χ1) is 13.0. The molecule has 0 bridgehead atoms. The van der Waals surface area contributed by atoms with Crippen LogP contribution >= 0.6 is 24.0 Å². The largest absolute Gasteiger partial charge is 0.490 e. The highest BCUT2D eigenvalue weighted by atomic mass is 127. The van der Waals surface area contributed by atoms with Gasteiger partial charge in [-0.15, -0.1) is 24.0 Å². The van der Waals surface area contributed by atoms with Crippen LogP contribution in [-0.4, -0.2) is 43.0 Å². The van der Waals surface area contributed by atoms with Crippen LogP contribution in [0.1, 0.15) is 45.1 Å². The Labute approximate surface area is 182 Å². The van der Waals surface area contributed by atoms with Crippen LogP contribution in [0.5, 0.6) is 11.5 Å². The molecule has 1 saturated carbocycles. The summed E-state index contributed by atoms with van der Waals surface area (Å²) in [6, 6.07) is 5.13. The van der Waals surface area contributed by atoms with Crippen LogP contribution in [0.2, 0.25) is 0 Å². The molecule has 0 amide bonds. The fourth-order valence-corrected chi connectivity index (χ4v) is 3.02. The molecule has 1 fully saturated rings. The van der Waals surface area contributed by atoms with E-state index in [1.165, 1.54) is 6.07 Å². The van der Waals surface area contributed by atoms with Gasteiger partial charge in [0, 0.05) is 12.6 Å². The summed E-state index contributed by atoms with van der Waals surface area (Å²) in [5, 5.41) is 16.2. The lowest BCUT2D eigenvalue weighted by atomic mass is 9.93. The van der Waals surface area contributed by atoms with Crippen LogP contribution in [0.4, 0.5) is 8.78 Å². The van der Waals surface area contributed by atoms with Gasteiger partial charge >= 0.3 is 6.61 Å². The Morgan fingerprint density at radius 2 is 1.93 bits per heavy atom. The summed E-state index contributed by atoms with van der Waals surface area (Å²) in [5.41, 5.74) is 0.830. The fourth-order valence-electron chi connectivity index (χ4n) is 3.02. The first-order valence-corrected chi connectivity index (χ1v) is 9.45. The van der Waals surface area contributed by atoms with E-state index in [-0.39, 0.29) is 47.6 Å². The molecule has 0 atom stereocenters. The molecule has 1 aliphatic rings. The Morgan fingerprint density at radius 3 is 2.54 bits per heavy atom. The number of nitrogens with one attached hydrogen (secondary N) is 2. The lowest BCUT2D eigenvalue weighted by molar-refractivity contribution is -0.0514. The van der Waals surface area contributed by atoms with Gasteiger partial charge in [0.2, 0.25) is 0 Å². The fraction of sp³-hybridized carbons (Fsp3) is 0.632. The lowest BCUT2D eigenvalue weighted by Crippen LogP contribution is -2.45. The predicted molar refractivity (Wildman–Crippen MR) is 116 cm³/mol. The Hall–Kier alpha value is -1.36. The number of guanidine groups is 1. The van der Waals surface area contributed by atoms with Gasteiger partial charge in [0.25, 0.3) is 0 Å². The molecule has 1 aromatic rings. The van der Waals surface area contributed by atoms with Gasteiger partial charge in [0.15, 0.2) is 17.5 Å². The average Bonchev–Trinajstić information content (AvgIpc) is 2.63. The molecule has 0 radical (unpaired) electrons. The minimum atomic E-state index is -2.90. The van der Waals surface area contributed by atoms with Crippen molar-refractivity contribution < 1.29 is 23.4 Å². The third kappa shape index (κ3) is 8.34. The van der Waals surface area contributed by atoms with Crippen molar-refractivity contribution in [3.63, 3.8) is 0 Å². The van der Waals surface area contributed by atoms with Crippen molar-refractivity contribution in [2.24, 2.45) is 4.99 Å². The summed E-state index contributed by atoms with van der Waals surface area (Å²) in [6.07, 6.45) is 3.19. The average molecular weight is 513 g/mol. The number of halogens is 3. The first-order valence-electron chi connectivity index (χ1n) is 9.45. The number of hydrogen-bond donors (Lipinski definition) is 3. The standard InChI is InChI=1S/C19H29F2N3O3.HI/c1-3-22-19(24-14-6-8-15(25)9-7-14)23-12-13-5-10-16(27-18(20)21)17(11-13)26-4-2;/h5,10-11,14-15,18,25H,3-4,6-9,12H2,1-2H3,(H2,22,23,24);1H. The molecule has 9 heteroatoms. The Balaban J connectivity index is 0.00000392. The number of benzene rings is 1. The number of alkyl halides is 2. The molecule has 160 valence electrons. The molecule has 0 saturated heterocycles. The number of aliphatic imine (C=N–C) groups is 1. The molecule has 2 rings (SSSR count). The Bertz CT molecular complexity index is 612. The van der Waals surface area contributed by atoms with Crippen molar-refractivity contribution in [1.29, 1.82) is 0 Å². The SMILES string of the molecule is CCNC(=NCc1ccc(OC(F)F)c(OCC)c1)NC1CCC(O)CC1.I. The van der Waals surface area contributed by atoms with E-state index >= 15 is 0 Å². The third-order valence-corrected chi connectivity index (χ3v) is 4.33. The van der Waals surface area contributed by atoms with E-state index < -0.39 is 6.61 Å². The molecule has 0 aromatic heterocycles. The number of aliphatic hydroxyl groups excluding tert-OH is 1. The summed E-state index contributed by atoms with van der Waals surface area (Å²) in [7, 11) is 0. The smallest absolute Gasteiger partial charge is 0.387 e. The predicted octanol–water partition coefficient (Wildman–Crippen LogP) is 3.66. The quantitative estimate of drug-likeness (QED) is 0.281. The van der Waals surface area contributed by atoms with Crippen molar-refractivity contribution >= 4 is 29.9 Å². The van der Waals surface area contributed by atoms with E-state index in [0.717, 1.165) is 37.8 Å². The molecular formula is C19H30F2IN3O3. The Morgan fingerprint density at radius 1 is 1.21 bits per heavy atom. The normalized spacial score (nSPS) is 19.7. The van der Waals surface area contributed by atoms with Gasteiger partial charge in [-0.1, -0.05) is 6.07 Å². The topological polar surface area (TPSA) is 75.1 Å². The van der Waals surface area contributed by atoms with Gasteiger partial charge in [0.1, 0.15) is 0 Å². The maximum atomic E-state index is 12.5.